The second-order valence-electron chi connectivity index (χ2n) is 8.89. The number of ether oxygens (including phenoxy) is 1. The molecule has 4 fully saturated rings. The summed E-state index contributed by atoms with van der Waals surface area (Å²) >= 11 is 0. The molecule has 8 heteroatoms. The van der Waals surface area contributed by atoms with Gasteiger partial charge in [0, 0.05) is 25.8 Å². The number of cyclic esters (lactones) is 1. The van der Waals surface area contributed by atoms with E-state index in [9.17, 15) is 22.8 Å². The number of amides is 2. The molecule has 1 aromatic carbocycles. The molecule has 1 spiro atoms. The normalized spacial score (nSPS) is 36.0. The summed E-state index contributed by atoms with van der Waals surface area (Å²) in [7, 11) is 0. The molecule has 2 heterocycles. The summed E-state index contributed by atoms with van der Waals surface area (Å²) in [5.74, 6) is 0.116. The summed E-state index contributed by atoms with van der Waals surface area (Å²) in [4.78, 5) is 25.9. The molecule has 2 amide bonds. The number of carbonyl (C=O) groups excluding carboxylic acids is 2. The molecule has 2 unspecified atom stereocenters. The molecule has 28 heavy (non-hydrogen) atoms. The van der Waals surface area contributed by atoms with Crippen LogP contribution in [-0.2, 0) is 21.1 Å². The lowest BCUT2D eigenvalue weighted by Crippen LogP contribution is -2.58. The second-order valence-corrected chi connectivity index (χ2v) is 8.89. The Balaban J connectivity index is 0.00000205. The molecule has 5 rings (SSSR count). The van der Waals surface area contributed by atoms with Gasteiger partial charge in [0.1, 0.15) is 6.61 Å². The Labute approximate surface area is 161 Å². The van der Waals surface area contributed by atoms with Crippen molar-refractivity contribution in [2.75, 3.05) is 19.7 Å². The molecule has 2 aliphatic carbocycles. The maximum atomic E-state index is 13.3. The number of piperidine rings is 1. The van der Waals surface area contributed by atoms with E-state index in [0.717, 1.165) is 6.42 Å². The van der Waals surface area contributed by atoms with E-state index < -0.39 is 23.4 Å². The zero-order chi connectivity index (χ0) is 19.9. The van der Waals surface area contributed by atoms with Crippen molar-refractivity contribution < 1.29 is 28.9 Å². The molecule has 1 N–H and O–H groups in total. The lowest BCUT2D eigenvalue weighted by molar-refractivity contribution is -0.141. The average molecular weight is 396 g/mol. The van der Waals surface area contributed by atoms with Crippen LogP contribution >= 0.6 is 0 Å². The van der Waals surface area contributed by atoms with Crippen LogP contribution in [0.25, 0.3) is 0 Å². The molecule has 5 nitrogen and oxygen atoms in total. The highest BCUT2D eigenvalue weighted by atomic mass is 19.4. The highest BCUT2D eigenvalue weighted by Gasteiger charge is 2.63. The predicted octanol–water partition coefficient (Wildman–Crippen LogP) is 3.25. The van der Waals surface area contributed by atoms with Crippen molar-refractivity contribution in [3.63, 3.8) is 0 Å². The molecular weight excluding hydrogens is 373 g/mol. The van der Waals surface area contributed by atoms with Gasteiger partial charge in [0.2, 0.25) is 5.91 Å². The van der Waals surface area contributed by atoms with Gasteiger partial charge in [-0.25, -0.2) is 4.79 Å². The summed E-state index contributed by atoms with van der Waals surface area (Å²) in [6.07, 6.45) is -2.85. The number of halogens is 3. The van der Waals surface area contributed by atoms with Crippen LogP contribution in [0, 0.1) is 18.8 Å². The Morgan fingerprint density at radius 1 is 1.32 bits per heavy atom. The first-order valence-electron chi connectivity index (χ1n) is 9.54. The monoisotopic (exact) mass is 396 g/mol. The first-order chi connectivity index (χ1) is 13.1. The van der Waals surface area contributed by atoms with E-state index in [1.54, 1.807) is 11.0 Å². The zero-order valence-corrected chi connectivity index (χ0v) is 15.4. The standard InChI is InChI=1S/C20H21F3N2O3.H2/c1-11-2-3-13(4-15(11)20(21,22)23)19-7-14(19)8-25(9-19)16(26)12-5-18(6-12)10-28-17(27)24-18;/h2-4,12,14H,5-10H2,1H3,(H,24,27);1H. The van der Waals surface area contributed by atoms with Crippen molar-refractivity contribution in [2.24, 2.45) is 11.8 Å². The maximum Gasteiger partial charge on any atom is 0.416 e. The topological polar surface area (TPSA) is 58.6 Å². The van der Waals surface area contributed by atoms with Gasteiger partial charge >= 0.3 is 12.3 Å². The quantitative estimate of drug-likeness (QED) is 0.835. The van der Waals surface area contributed by atoms with Gasteiger partial charge in [-0.2, -0.15) is 13.2 Å². The molecule has 2 saturated carbocycles. The van der Waals surface area contributed by atoms with Gasteiger partial charge in [-0.15, -0.1) is 0 Å². The number of nitrogens with one attached hydrogen (secondary N) is 1. The number of aryl methyl sites for hydroxylation is 1. The molecule has 2 atom stereocenters. The summed E-state index contributed by atoms with van der Waals surface area (Å²) < 4.78 is 44.8. The third-order valence-corrected chi connectivity index (χ3v) is 7.05. The lowest BCUT2D eigenvalue weighted by Gasteiger charge is -2.43. The number of alkyl halides is 3. The Hall–Kier alpha value is -2.25. The van der Waals surface area contributed by atoms with Crippen LogP contribution in [0.1, 0.15) is 37.4 Å². The summed E-state index contributed by atoms with van der Waals surface area (Å²) in [6.45, 7) is 2.84. The molecule has 2 saturated heterocycles. The van der Waals surface area contributed by atoms with Crippen LogP contribution in [0.2, 0.25) is 0 Å². The van der Waals surface area contributed by atoms with Crippen molar-refractivity contribution in [2.45, 2.75) is 43.3 Å². The van der Waals surface area contributed by atoms with Crippen LogP contribution in [0.5, 0.6) is 0 Å². The third-order valence-electron chi connectivity index (χ3n) is 7.05. The minimum absolute atomic E-state index is 0. The van der Waals surface area contributed by atoms with E-state index in [2.05, 4.69) is 5.32 Å². The molecule has 2 aliphatic heterocycles. The lowest BCUT2D eigenvalue weighted by atomic mass is 9.68. The van der Waals surface area contributed by atoms with E-state index in [-0.39, 0.29) is 30.1 Å². The Bertz CT molecular complexity index is 884. The number of carbonyl (C=O) groups is 2. The predicted molar refractivity (Wildman–Crippen MR) is 94.6 cm³/mol. The minimum Gasteiger partial charge on any atom is -0.447 e. The third kappa shape index (κ3) is 2.53. The smallest absolute Gasteiger partial charge is 0.416 e. The second kappa shape index (κ2) is 5.42. The maximum absolute atomic E-state index is 13.3. The van der Waals surface area contributed by atoms with E-state index >= 15 is 0 Å². The number of rotatable bonds is 2. The Kier molecular flexibility index (Phi) is 3.45. The Morgan fingerprint density at radius 2 is 2.07 bits per heavy atom. The molecule has 0 aromatic heterocycles. The van der Waals surface area contributed by atoms with Crippen LogP contribution in [0.3, 0.4) is 0 Å². The zero-order valence-electron chi connectivity index (χ0n) is 15.4. The number of nitrogens with zero attached hydrogens (tertiary/aromatic N) is 1. The molecular formula is C20H23F3N2O3. The van der Waals surface area contributed by atoms with Crippen LogP contribution in [0.4, 0.5) is 18.0 Å². The van der Waals surface area contributed by atoms with Gasteiger partial charge in [0.15, 0.2) is 0 Å². The van der Waals surface area contributed by atoms with Gasteiger partial charge in [-0.3, -0.25) is 4.79 Å². The van der Waals surface area contributed by atoms with Gasteiger partial charge in [0.05, 0.1) is 11.1 Å². The van der Waals surface area contributed by atoms with Crippen molar-refractivity contribution in [3.05, 3.63) is 34.9 Å². The number of benzene rings is 1. The number of hydrogen-bond acceptors (Lipinski definition) is 3. The van der Waals surface area contributed by atoms with Crippen molar-refractivity contribution in [1.29, 1.82) is 0 Å². The van der Waals surface area contributed by atoms with Crippen molar-refractivity contribution >= 4 is 12.0 Å². The first-order valence-corrected chi connectivity index (χ1v) is 9.54. The largest absolute Gasteiger partial charge is 0.447 e. The summed E-state index contributed by atoms with van der Waals surface area (Å²) in [5.41, 5.74) is -0.428. The van der Waals surface area contributed by atoms with E-state index in [4.69, 9.17) is 4.74 Å². The fourth-order valence-corrected chi connectivity index (χ4v) is 5.36. The van der Waals surface area contributed by atoms with Gasteiger partial charge in [0.25, 0.3) is 0 Å². The SMILES string of the molecule is Cc1ccc(C23CC2CN(C(=O)C2CC4(COC(=O)N4)C2)C3)cc1C(F)(F)F.[HH]. The van der Waals surface area contributed by atoms with Gasteiger partial charge < -0.3 is 15.0 Å². The van der Waals surface area contributed by atoms with Crippen molar-refractivity contribution in [1.82, 2.24) is 10.2 Å². The van der Waals surface area contributed by atoms with Gasteiger partial charge in [-0.1, -0.05) is 12.1 Å². The first kappa shape index (κ1) is 17.8. The molecule has 1 aromatic rings. The van der Waals surface area contributed by atoms with Crippen LogP contribution < -0.4 is 5.32 Å². The Morgan fingerprint density at radius 3 is 2.71 bits per heavy atom. The molecule has 0 radical (unpaired) electrons. The summed E-state index contributed by atoms with van der Waals surface area (Å²) in [6, 6.07) is 4.58. The number of hydrogen-bond donors (Lipinski definition) is 1. The molecule has 0 bridgehead atoms. The highest BCUT2D eigenvalue weighted by molar-refractivity contribution is 5.82. The average Bonchev–Trinajstić information content (AvgIpc) is 2.96. The highest BCUT2D eigenvalue weighted by Crippen LogP contribution is 2.60. The van der Waals surface area contributed by atoms with E-state index in [0.29, 0.717) is 38.1 Å². The fourth-order valence-electron chi connectivity index (χ4n) is 5.36. The number of fused-ring (bicyclic) bond motifs is 1. The fraction of sp³-hybridized carbons (Fsp3) is 0.600. The van der Waals surface area contributed by atoms with Crippen LogP contribution in [0.15, 0.2) is 18.2 Å². The number of alkyl carbamates (subject to hydrolysis) is 1. The van der Waals surface area contributed by atoms with E-state index in [1.807, 2.05) is 0 Å². The molecule has 4 aliphatic rings. The van der Waals surface area contributed by atoms with E-state index in [1.165, 1.54) is 19.1 Å². The number of likely N-dealkylation sites (tertiary alicyclic amines) is 1. The summed E-state index contributed by atoms with van der Waals surface area (Å²) in [5, 5.41) is 2.78. The van der Waals surface area contributed by atoms with Crippen LogP contribution in [-0.4, -0.2) is 42.1 Å². The minimum atomic E-state index is -4.37. The van der Waals surface area contributed by atoms with Crippen molar-refractivity contribution in [3.8, 4) is 0 Å². The van der Waals surface area contributed by atoms with Gasteiger partial charge in [-0.05, 0) is 49.3 Å². The molecule has 152 valence electrons.